The summed E-state index contributed by atoms with van der Waals surface area (Å²) in [6.45, 7) is 1.33. The maximum atomic E-state index is 11.0. The highest BCUT2D eigenvalue weighted by Crippen LogP contribution is 2.34. The highest BCUT2D eigenvalue weighted by atomic mass is 32.2. The van der Waals surface area contributed by atoms with E-state index < -0.39 is 4.92 Å². The Kier molecular flexibility index (Phi) is 3.84. The van der Waals surface area contributed by atoms with Crippen molar-refractivity contribution in [3.8, 4) is 0 Å². The molecule has 0 saturated carbocycles. The molecule has 21 heavy (non-hydrogen) atoms. The fourth-order valence-electron chi connectivity index (χ4n) is 2.15. The van der Waals surface area contributed by atoms with E-state index in [-0.39, 0.29) is 11.9 Å². The van der Waals surface area contributed by atoms with Gasteiger partial charge < -0.3 is 19.4 Å². The van der Waals surface area contributed by atoms with Gasteiger partial charge in [0.05, 0.1) is 6.04 Å². The molecule has 0 bridgehead atoms. The normalized spacial score (nSPS) is 16.2. The van der Waals surface area contributed by atoms with Crippen LogP contribution in [0.5, 0.6) is 0 Å². The second-order valence-electron chi connectivity index (χ2n) is 4.59. The summed E-state index contributed by atoms with van der Waals surface area (Å²) in [7, 11) is 1.70. The molecule has 1 fully saturated rings. The van der Waals surface area contributed by atoms with Gasteiger partial charge in [-0.05, 0) is 44.9 Å². The third kappa shape index (κ3) is 2.74. The number of tetrazole rings is 1. The molecule has 112 valence electrons. The minimum absolute atomic E-state index is 0.156. The zero-order chi connectivity index (χ0) is 14.8. The van der Waals surface area contributed by atoms with Gasteiger partial charge in [-0.15, -0.1) is 5.10 Å². The number of imidazole rings is 1. The lowest BCUT2D eigenvalue weighted by Gasteiger charge is -2.22. The van der Waals surface area contributed by atoms with Gasteiger partial charge in [0.2, 0.25) is 11.5 Å². The van der Waals surface area contributed by atoms with Crippen molar-refractivity contribution in [2.24, 2.45) is 7.05 Å². The minimum Gasteiger partial charge on any atom is -0.381 e. The van der Waals surface area contributed by atoms with Crippen molar-refractivity contribution in [3.63, 3.8) is 0 Å². The van der Waals surface area contributed by atoms with Gasteiger partial charge in [-0.1, -0.05) is 0 Å². The molecule has 1 aliphatic heterocycles. The lowest BCUT2D eigenvalue weighted by Crippen LogP contribution is -2.21. The molecule has 3 rings (SSSR count). The van der Waals surface area contributed by atoms with E-state index in [9.17, 15) is 10.1 Å². The Bertz CT molecular complexity index is 649. The first-order valence-corrected chi connectivity index (χ1v) is 7.17. The minimum atomic E-state index is -0.509. The SMILES string of the molecule is Cn1cnc([N+](=O)[O-])c1Sc1nnnn1C1CCOCC1. The molecule has 11 heteroatoms. The second kappa shape index (κ2) is 5.77. The first-order chi connectivity index (χ1) is 10.2. The smallest absolute Gasteiger partial charge is 0.381 e. The van der Waals surface area contributed by atoms with Crippen molar-refractivity contribution < 1.29 is 9.66 Å². The number of hydrogen-bond donors (Lipinski definition) is 0. The molecule has 0 atom stereocenters. The quantitative estimate of drug-likeness (QED) is 0.602. The Morgan fingerprint density at radius 3 is 2.95 bits per heavy atom. The fourth-order valence-corrected chi connectivity index (χ4v) is 3.09. The Hall–Kier alpha value is -2.01. The van der Waals surface area contributed by atoms with Gasteiger partial charge in [0, 0.05) is 20.3 Å². The van der Waals surface area contributed by atoms with Crippen LogP contribution >= 0.6 is 11.8 Å². The Labute approximate surface area is 123 Å². The van der Waals surface area contributed by atoms with Crippen molar-refractivity contribution in [3.05, 3.63) is 16.4 Å². The molecule has 0 spiro atoms. The predicted molar refractivity (Wildman–Crippen MR) is 70.9 cm³/mol. The fraction of sp³-hybridized carbons (Fsp3) is 0.600. The van der Waals surface area contributed by atoms with Crippen LogP contribution in [0.15, 0.2) is 16.5 Å². The van der Waals surface area contributed by atoms with Gasteiger partial charge >= 0.3 is 5.82 Å². The van der Waals surface area contributed by atoms with E-state index in [0.717, 1.165) is 24.6 Å². The number of rotatable bonds is 4. The lowest BCUT2D eigenvalue weighted by molar-refractivity contribution is -0.392. The average molecular weight is 311 g/mol. The molecule has 0 aromatic carbocycles. The molecule has 0 N–H and O–H groups in total. The van der Waals surface area contributed by atoms with E-state index in [1.807, 2.05) is 0 Å². The average Bonchev–Trinajstić information content (AvgIpc) is 3.08. The number of nitro groups is 1. The maximum Gasteiger partial charge on any atom is 0.396 e. The Morgan fingerprint density at radius 2 is 2.24 bits per heavy atom. The molecule has 0 aliphatic carbocycles. The van der Waals surface area contributed by atoms with Crippen LogP contribution in [-0.4, -0.2) is 47.9 Å². The van der Waals surface area contributed by atoms with Crippen LogP contribution in [0.2, 0.25) is 0 Å². The van der Waals surface area contributed by atoms with Crippen molar-refractivity contribution in [1.29, 1.82) is 0 Å². The standard InChI is InChI=1S/C10H13N7O3S/c1-15-6-11-8(17(18)19)9(15)21-10-12-13-14-16(10)7-2-4-20-5-3-7/h6-7H,2-5H2,1H3. The van der Waals surface area contributed by atoms with Crippen LogP contribution in [0.3, 0.4) is 0 Å². The summed E-state index contributed by atoms with van der Waals surface area (Å²) >= 11 is 1.15. The number of nitrogens with zero attached hydrogens (tertiary/aromatic N) is 7. The van der Waals surface area contributed by atoms with Gasteiger partial charge in [0.25, 0.3) is 0 Å². The van der Waals surface area contributed by atoms with Crippen molar-refractivity contribution >= 4 is 17.6 Å². The second-order valence-corrected chi connectivity index (χ2v) is 5.55. The Morgan fingerprint density at radius 1 is 1.48 bits per heavy atom. The van der Waals surface area contributed by atoms with Crippen molar-refractivity contribution in [2.75, 3.05) is 13.2 Å². The molecule has 0 amide bonds. The van der Waals surface area contributed by atoms with Crippen LogP contribution in [-0.2, 0) is 11.8 Å². The summed E-state index contributed by atoms with van der Waals surface area (Å²) in [5.41, 5.74) is 0. The monoisotopic (exact) mass is 311 g/mol. The maximum absolute atomic E-state index is 11.0. The van der Waals surface area contributed by atoms with E-state index >= 15 is 0 Å². The van der Waals surface area contributed by atoms with E-state index in [1.54, 1.807) is 16.3 Å². The topological polar surface area (TPSA) is 114 Å². The third-order valence-corrected chi connectivity index (χ3v) is 4.34. The van der Waals surface area contributed by atoms with Gasteiger partial charge in [-0.2, -0.15) is 0 Å². The summed E-state index contributed by atoms with van der Waals surface area (Å²) in [5, 5.41) is 23.6. The van der Waals surface area contributed by atoms with Gasteiger partial charge in [-0.3, -0.25) is 0 Å². The molecule has 2 aromatic rings. The van der Waals surface area contributed by atoms with Crippen LogP contribution in [0.25, 0.3) is 0 Å². The van der Waals surface area contributed by atoms with Crippen molar-refractivity contribution in [2.45, 2.75) is 29.1 Å². The van der Waals surface area contributed by atoms with Gasteiger partial charge in [0.1, 0.15) is 0 Å². The molecule has 10 nitrogen and oxygen atoms in total. The molecular weight excluding hydrogens is 298 g/mol. The van der Waals surface area contributed by atoms with Crippen molar-refractivity contribution in [1.82, 2.24) is 29.8 Å². The van der Waals surface area contributed by atoms with Crippen LogP contribution in [0.4, 0.5) is 5.82 Å². The first kappa shape index (κ1) is 13.9. The number of ether oxygens (including phenoxy) is 1. The van der Waals surface area contributed by atoms with Crippen LogP contribution in [0.1, 0.15) is 18.9 Å². The molecule has 1 saturated heterocycles. The number of aromatic nitrogens is 6. The number of hydrogen-bond acceptors (Lipinski definition) is 8. The molecule has 0 unspecified atom stereocenters. The van der Waals surface area contributed by atoms with Crippen LogP contribution in [0, 0.1) is 10.1 Å². The molecule has 0 radical (unpaired) electrons. The molecular formula is C10H13N7O3S. The lowest BCUT2D eigenvalue weighted by atomic mass is 10.1. The van der Waals surface area contributed by atoms with Crippen LogP contribution < -0.4 is 0 Å². The number of aryl methyl sites for hydroxylation is 1. The Balaban J connectivity index is 1.87. The van der Waals surface area contributed by atoms with E-state index in [4.69, 9.17) is 4.74 Å². The van der Waals surface area contributed by atoms with Gasteiger partial charge in [-0.25, -0.2) is 4.68 Å². The molecule has 1 aliphatic rings. The summed E-state index contributed by atoms with van der Waals surface area (Å²) in [6.07, 6.45) is 3.06. The molecule has 2 aromatic heterocycles. The first-order valence-electron chi connectivity index (χ1n) is 6.36. The van der Waals surface area contributed by atoms with E-state index in [1.165, 1.54) is 6.33 Å². The summed E-state index contributed by atoms with van der Waals surface area (Å²) in [5.74, 6) is -0.191. The highest BCUT2D eigenvalue weighted by Gasteiger charge is 2.26. The summed E-state index contributed by atoms with van der Waals surface area (Å²) in [4.78, 5) is 14.3. The zero-order valence-electron chi connectivity index (χ0n) is 11.2. The predicted octanol–water partition coefficient (Wildman–Crippen LogP) is 0.817. The third-order valence-electron chi connectivity index (χ3n) is 3.23. The highest BCUT2D eigenvalue weighted by molar-refractivity contribution is 7.99. The van der Waals surface area contributed by atoms with Gasteiger partial charge in [0.15, 0.2) is 5.03 Å². The van der Waals surface area contributed by atoms with E-state index in [0.29, 0.717) is 23.4 Å². The zero-order valence-corrected chi connectivity index (χ0v) is 12.1. The largest absolute Gasteiger partial charge is 0.396 e. The molecule has 3 heterocycles. The summed E-state index contributed by atoms with van der Waals surface area (Å²) < 4.78 is 8.62. The van der Waals surface area contributed by atoms with E-state index in [2.05, 4.69) is 20.5 Å². The summed E-state index contributed by atoms with van der Waals surface area (Å²) in [6, 6.07) is 0.156.